The molecule has 0 aromatic rings. The van der Waals surface area contributed by atoms with E-state index in [1.807, 2.05) is 6.92 Å². The molecule has 1 unspecified atom stereocenters. The molecule has 0 spiro atoms. The van der Waals surface area contributed by atoms with E-state index in [0.717, 1.165) is 6.42 Å². The third-order valence-corrected chi connectivity index (χ3v) is 4.14. The largest absolute Gasteiger partial charge is 0.481 e. The van der Waals surface area contributed by atoms with Gasteiger partial charge in [-0.3, -0.25) is 14.4 Å². The predicted molar refractivity (Wildman–Crippen MR) is 78.5 cm³/mol. The Kier molecular flexibility index (Phi) is 6.65. The predicted octanol–water partition coefficient (Wildman–Crippen LogP) is 1.01. The lowest BCUT2D eigenvalue weighted by atomic mass is 9.95. The van der Waals surface area contributed by atoms with Crippen LogP contribution in [-0.4, -0.2) is 36.0 Å². The molecule has 0 radical (unpaired) electrons. The van der Waals surface area contributed by atoms with Gasteiger partial charge in [-0.15, -0.1) is 0 Å². The molecular formula is C15H26N2O4. The van der Waals surface area contributed by atoms with Crippen molar-refractivity contribution in [3.63, 3.8) is 0 Å². The van der Waals surface area contributed by atoms with E-state index in [4.69, 9.17) is 0 Å². The van der Waals surface area contributed by atoms with Crippen LogP contribution in [0.15, 0.2) is 0 Å². The van der Waals surface area contributed by atoms with Gasteiger partial charge in [0.25, 0.3) is 0 Å². The van der Waals surface area contributed by atoms with Gasteiger partial charge in [0.1, 0.15) is 0 Å². The van der Waals surface area contributed by atoms with Crippen LogP contribution in [0.25, 0.3) is 0 Å². The van der Waals surface area contributed by atoms with Crippen LogP contribution >= 0.6 is 0 Å². The molecule has 21 heavy (non-hydrogen) atoms. The number of hydrogen-bond acceptors (Lipinski definition) is 3. The van der Waals surface area contributed by atoms with Gasteiger partial charge in [-0.05, 0) is 18.8 Å². The van der Waals surface area contributed by atoms with E-state index in [-0.39, 0.29) is 17.7 Å². The molecule has 1 aliphatic rings. The van der Waals surface area contributed by atoms with Crippen LogP contribution in [0.3, 0.4) is 0 Å². The summed E-state index contributed by atoms with van der Waals surface area (Å²) in [6.45, 7) is 6.32. The van der Waals surface area contributed by atoms with Gasteiger partial charge in [-0.1, -0.05) is 27.2 Å². The second-order valence-electron chi connectivity index (χ2n) is 6.03. The summed E-state index contributed by atoms with van der Waals surface area (Å²) in [6, 6.07) is 0. The molecule has 0 saturated heterocycles. The second kappa shape index (κ2) is 8.00. The fourth-order valence-corrected chi connectivity index (χ4v) is 2.75. The zero-order valence-electron chi connectivity index (χ0n) is 13.0. The summed E-state index contributed by atoms with van der Waals surface area (Å²) < 4.78 is 0. The summed E-state index contributed by atoms with van der Waals surface area (Å²) in [5.74, 6) is -1.97. The van der Waals surface area contributed by atoms with Crippen LogP contribution in [0, 0.1) is 23.7 Å². The Labute approximate surface area is 125 Å². The maximum Gasteiger partial charge on any atom is 0.307 e. The maximum absolute atomic E-state index is 12.1. The maximum atomic E-state index is 12.1. The van der Waals surface area contributed by atoms with E-state index in [0.29, 0.717) is 31.8 Å². The van der Waals surface area contributed by atoms with E-state index >= 15 is 0 Å². The fraction of sp³-hybridized carbons (Fsp3) is 0.800. The first kappa shape index (κ1) is 17.5. The molecule has 0 heterocycles. The Morgan fingerprint density at radius 3 is 2.19 bits per heavy atom. The number of hydrogen-bond donors (Lipinski definition) is 3. The van der Waals surface area contributed by atoms with Gasteiger partial charge in [0.05, 0.1) is 11.8 Å². The molecule has 1 saturated carbocycles. The molecule has 0 aromatic heterocycles. The van der Waals surface area contributed by atoms with Gasteiger partial charge in [0, 0.05) is 19.0 Å². The zero-order valence-corrected chi connectivity index (χ0v) is 13.0. The van der Waals surface area contributed by atoms with Crippen molar-refractivity contribution in [2.24, 2.45) is 23.7 Å². The Hall–Kier alpha value is -1.59. The summed E-state index contributed by atoms with van der Waals surface area (Å²) in [4.78, 5) is 34.7. The second-order valence-corrected chi connectivity index (χ2v) is 6.03. The highest BCUT2D eigenvalue weighted by Crippen LogP contribution is 2.38. The van der Waals surface area contributed by atoms with E-state index < -0.39 is 17.8 Å². The minimum Gasteiger partial charge on any atom is -0.481 e. The Bertz CT molecular complexity index is 395. The Morgan fingerprint density at radius 2 is 1.67 bits per heavy atom. The normalized spacial score (nSPS) is 24.9. The lowest BCUT2D eigenvalue weighted by Crippen LogP contribution is -2.40. The van der Waals surface area contributed by atoms with E-state index in [9.17, 15) is 19.5 Å². The van der Waals surface area contributed by atoms with Crippen LogP contribution in [0.5, 0.6) is 0 Å². The van der Waals surface area contributed by atoms with Gasteiger partial charge in [-0.25, -0.2) is 0 Å². The summed E-state index contributed by atoms with van der Waals surface area (Å²) >= 11 is 0. The topological polar surface area (TPSA) is 95.5 Å². The summed E-state index contributed by atoms with van der Waals surface area (Å²) in [6.07, 6.45) is 2.11. The fourth-order valence-electron chi connectivity index (χ4n) is 2.75. The Balaban J connectivity index is 2.40. The molecule has 1 aliphatic carbocycles. The highest BCUT2D eigenvalue weighted by Gasteiger charge is 2.41. The molecular weight excluding hydrogens is 272 g/mol. The molecule has 6 heteroatoms. The van der Waals surface area contributed by atoms with Crippen molar-refractivity contribution in [1.29, 1.82) is 0 Å². The van der Waals surface area contributed by atoms with Crippen molar-refractivity contribution in [1.82, 2.24) is 10.6 Å². The summed E-state index contributed by atoms with van der Waals surface area (Å²) in [5, 5.41) is 14.7. The standard InChI is InChI=1S/C15H26N2O4/c1-4-10-7-11(12(8-10)15(20)21)14(19)17-6-5-16-13(18)9(2)3/h9-12H,4-8H2,1-3H3,(H,16,18)(H,17,19)(H,20,21)/t10?,11-,12+/m0/s1. The van der Waals surface area contributed by atoms with Crippen molar-refractivity contribution >= 4 is 17.8 Å². The van der Waals surface area contributed by atoms with E-state index in [1.165, 1.54) is 0 Å². The summed E-state index contributed by atoms with van der Waals surface area (Å²) in [7, 11) is 0. The average molecular weight is 298 g/mol. The SMILES string of the molecule is CCC1C[C@H](C(=O)NCCNC(=O)C(C)C)[C@H](C(=O)O)C1. The highest BCUT2D eigenvalue weighted by molar-refractivity contribution is 5.85. The first-order chi connectivity index (χ1) is 9.86. The van der Waals surface area contributed by atoms with Crippen molar-refractivity contribution < 1.29 is 19.5 Å². The Morgan fingerprint density at radius 1 is 1.10 bits per heavy atom. The monoisotopic (exact) mass is 298 g/mol. The van der Waals surface area contributed by atoms with Gasteiger partial charge in [0.2, 0.25) is 11.8 Å². The lowest BCUT2D eigenvalue weighted by Gasteiger charge is -2.16. The van der Waals surface area contributed by atoms with Gasteiger partial charge in [-0.2, -0.15) is 0 Å². The molecule has 1 rings (SSSR count). The first-order valence-corrected chi connectivity index (χ1v) is 7.65. The number of amides is 2. The number of carboxylic acid groups (broad SMARTS) is 1. The molecule has 0 aliphatic heterocycles. The smallest absolute Gasteiger partial charge is 0.307 e. The number of carbonyl (C=O) groups excluding carboxylic acids is 2. The molecule has 120 valence electrons. The van der Waals surface area contributed by atoms with Crippen LogP contribution < -0.4 is 10.6 Å². The van der Waals surface area contributed by atoms with Crippen LogP contribution in [0.1, 0.15) is 40.0 Å². The molecule has 3 N–H and O–H groups in total. The van der Waals surface area contributed by atoms with Crippen LogP contribution in [0.2, 0.25) is 0 Å². The van der Waals surface area contributed by atoms with Gasteiger partial charge in [0.15, 0.2) is 0 Å². The highest BCUT2D eigenvalue weighted by atomic mass is 16.4. The number of rotatable bonds is 7. The van der Waals surface area contributed by atoms with Gasteiger partial charge < -0.3 is 15.7 Å². The molecule has 6 nitrogen and oxygen atoms in total. The van der Waals surface area contributed by atoms with Gasteiger partial charge >= 0.3 is 5.97 Å². The average Bonchev–Trinajstić information content (AvgIpc) is 2.87. The lowest BCUT2D eigenvalue weighted by molar-refractivity contribution is -0.146. The quantitative estimate of drug-likeness (QED) is 0.611. The number of carboxylic acids is 1. The first-order valence-electron chi connectivity index (χ1n) is 7.65. The minimum absolute atomic E-state index is 0.0559. The van der Waals surface area contributed by atoms with Crippen molar-refractivity contribution in [2.75, 3.05) is 13.1 Å². The zero-order chi connectivity index (χ0) is 16.0. The van der Waals surface area contributed by atoms with Crippen molar-refractivity contribution in [2.45, 2.75) is 40.0 Å². The van der Waals surface area contributed by atoms with E-state index in [2.05, 4.69) is 10.6 Å². The molecule has 0 aromatic carbocycles. The minimum atomic E-state index is -0.890. The van der Waals surface area contributed by atoms with Crippen molar-refractivity contribution in [3.05, 3.63) is 0 Å². The third-order valence-electron chi connectivity index (χ3n) is 4.14. The van der Waals surface area contributed by atoms with Crippen LogP contribution in [-0.2, 0) is 14.4 Å². The molecule has 1 fully saturated rings. The number of carbonyl (C=O) groups is 3. The summed E-state index contributed by atoms with van der Waals surface area (Å²) in [5.41, 5.74) is 0. The number of aliphatic carboxylic acids is 1. The molecule has 2 amide bonds. The van der Waals surface area contributed by atoms with E-state index in [1.54, 1.807) is 13.8 Å². The van der Waals surface area contributed by atoms with Crippen molar-refractivity contribution in [3.8, 4) is 0 Å². The van der Waals surface area contributed by atoms with Crippen LogP contribution in [0.4, 0.5) is 0 Å². The number of nitrogens with one attached hydrogen (secondary N) is 2. The third kappa shape index (κ3) is 5.02. The molecule has 3 atom stereocenters. The molecule has 0 bridgehead atoms.